The van der Waals surface area contributed by atoms with Gasteiger partial charge in [0.05, 0.1) is 25.4 Å². The fraction of sp³-hybridized carbons (Fsp3) is 0.750. The predicted octanol–water partition coefficient (Wildman–Crippen LogP) is 17.1. The van der Waals surface area contributed by atoms with E-state index in [1.807, 2.05) is 6.08 Å². The number of hydrogen-bond donors (Lipinski definition) is 6. The van der Waals surface area contributed by atoms with E-state index in [4.69, 9.17) is 14.2 Å². The van der Waals surface area contributed by atoms with Crippen LogP contribution in [0.1, 0.15) is 284 Å². The number of nitrogens with one attached hydrogen (secondary N) is 1. The molecule has 8 unspecified atom stereocenters. The summed E-state index contributed by atoms with van der Waals surface area (Å²) in [7, 11) is 0. The molecule has 0 aromatic carbocycles. The molecule has 1 amide bonds. The van der Waals surface area contributed by atoms with Crippen molar-refractivity contribution in [2.75, 3.05) is 13.2 Å². The lowest BCUT2D eigenvalue weighted by Gasteiger charge is -2.41. The van der Waals surface area contributed by atoms with E-state index >= 15 is 0 Å². The zero-order valence-electron chi connectivity index (χ0n) is 53.0. The number of aliphatic hydroxyl groups excluding tert-OH is 5. The van der Waals surface area contributed by atoms with Crippen LogP contribution in [0.4, 0.5) is 0 Å². The topological polar surface area (TPSA) is 175 Å². The molecule has 11 heteroatoms. The molecule has 1 aliphatic rings. The molecule has 0 radical (unpaired) electrons. The van der Waals surface area contributed by atoms with Crippen molar-refractivity contribution < 1.29 is 49.3 Å². The molecule has 83 heavy (non-hydrogen) atoms. The van der Waals surface area contributed by atoms with Crippen LogP contribution in [0.5, 0.6) is 0 Å². The normalized spacial score (nSPS) is 19.2. The summed E-state index contributed by atoms with van der Waals surface area (Å²) in [6.45, 7) is 5.65. The molecular weight excluding hydrogens is 1040 g/mol. The summed E-state index contributed by atoms with van der Waals surface area (Å²) in [6.07, 6.45) is 68.7. The minimum absolute atomic E-state index is 0.0807. The maximum absolute atomic E-state index is 13.5. The number of amides is 1. The van der Waals surface area contributed by atoms with Gasteiger partial charge in [0, 0.05) is 6.42 Å². The van der Waals surface area contributed by atoms with E-state index in [2.05, 4.69) is 111 Å². The molecule has 0 aromatic rings. The van der Waals surface area contributed by atoms with Gasteiger partial charge in [-0.25, -0.2) is 0 Å². The van der Waals surface area contributed by atoms with Crippen LogP contribution in [-0.2, 0) is 23.8 Å². The molecule has 6 N–H and O–H groups in total. The second-order valence-electron chi connectivity index (χ2n) is 23.2. The SMILES string of the molecule is CC/C=C\C/C=C\C/C=C\C/C=C\C/C=C\CCCCCC(=O)OC1C(OCC(NC(=O)C(O)CCCCCCCCCCCCCC/C=C\C/C=C\CCCCC)C(O)/C=C/CCCCCCCCCCCCC)OC(CO)C(O)C1O. The molecule has 0 spiro atoms. The summed E-state index contributed by atoms with van der Waals surface area (Å²) < 4.78 is 17.6. The Labute approximate surface area is 507 Å². The third-order valence-corrected chi connectivity index (χ3v) is 15.5. The van der Waals surface area contributed by atoms with Crippen molar-refractivity contribution in [1.82, 2.24) is 5.32 Å². The molecule has 0 bridgehead atoms. The molecule has 1 heterocycles. The first-order valence-electron chi connectivity index (χ1n) is 34.0. The van der Waals surface area contributed by atoms with E-state index in [0.717, 1.165) is 96.3 Å². The number of unbranched alkanes of at least 4 members (excludes halogenated alkanes) is 29. The van der Waals surface area contributed by atoms with Gasteiger partial charge in [-0.3, -0.25) is 9.59 Å². The van der Waals surface area contributed by atoms with Gasteiger partial charge in [-0.05, 0) is 103 Å². The fourth-order valence-corrected chi connectivity index (χ4v) is 10.1. The highest BCUT2D eigenvalue weighted by Crippen LogP contribution is 2.26. The number of allylic oxidation sites excluding steroid dienone is 15. The number of carbonyl (C=O) groups is 2. The average Bonchev–Trinajstić information content (AvgIpc) is 3.58. The molecule has 0 saturated carbocycles. The first-order chi connectivity index (χ1) is 40.7. The summed E-state index contributed by atoms with van der Waals surface area (Å²) in [6, 6.07) is -1.04. The van der Waals surface area contributed by atoms with Gasteiger partial charge in [-0.2, -0.15) is 0 Å². The van der Waals surface area contributed by atoms with Crippen LogP contribution < -0.4 is 5.32 Å². The predicted molar refractivity (Wildman–Crippen MR) is 347 cm³/mol. The Morgan fingerprint density at radius 1 is 0.482 bits per heavy atom. The highest BCUT2D eigenvalue weighted by molar-refractivity contribution is 5.80. The second-order valence-corrected chi connectivity index (χ2v) is 23.2. The van der Waals surface area contributed by atoms with Crippen molar-refractivity contribution in [3.63, 3.8) is 0 Å². The molecule has 1 aliphatic heterocycles. The van der Waals surface area contributed by atoms with E-state index in [9.17, 15) is 35.1 Å². The molecule has 478 valence electrons. The number of carbonyl (C=O) groups excluding carboxylic acids is 2. The first-order valence-corrected chi connectivity index (χ1v) is 34.0. The van der Waals surface area contributed by atoms with Gasteiger partial charge in [0.25, 0.3) is 0 Å². The lowest BCUT2D eigenvalue weighted by atomic mass is 9.99. The van der Waals surface area contributed by atoms with Crippen molar-refractivity contribution in [1.29, 1.82) is 0 Å². The Morgan fingerprint density at radius 2 is 0.867 bits per heavy atom. The lowest BCUT2D eigenvalue weighted by Crippen LogP contribution is -2.61. The monoisotopic (exact) mass is 1160 g/mol. The quantitative estimate of drug-likeness (QED) is 0.0195. The Morgan fingerprint density at radius 3 is 1.33 bits per heavy atom. The summed E-state index contributed by atoms with van der Waals surface area (Å²) in [5, 5.41) is 57.2. The number of ether oxygens (including phenoxy) is 3. The molecule has 1 saturated heterocycles. The van der Waals surface area contributed by atoms with E-state index in [0.29, 0.717) is 12.8 Å². The number of rotatable bonds is 57. The van der Waals surface area contributed by atoms with Gasteiger partial charge in [0.15, 0.2) is 12.4 Å². The van der Waals surface area contributed by atoms with Gasteiger partial charge in [0.1, 0.15) is 24.4 Å². The molecule has 0 aromatic heterocycles. The first kappa shape index (κ1) is 77.6. The van der Waals surface area contributed by atoms with Crippen molar-refractivity contribution in [2.24, 2.45) is 0 Å². The maximum atomic E-state index is 13.5. The fourth-order valence-electron chi connectivity index (χ4n) is 10.1. The largest absolute Gasteiger partial charge is 0.454 e. The molecule has 8 atom stereocenters. The maximum Gasteiger partial charge on any atom is 0.306 e. The summed E-state index contributed by atoms with van der Waals surface area (Å²) >= 11 is 0. The van der Waals surface area contributed by atoms with Gasteiger partial charge < -0.3 is 45.1 Å². The highest BCUT2D eigenvalue weighted by atomic mass is 16.7. The third-order valence-electron chi connectivity index (χ3n) is 15.5. The van der Waals surface area contributed by atoms with Gasteiger partial charge in [-0.15, -0.1) is 0 Å². The number of aliphatic hydroxyl groups is 5. The van der Waals surface area contributed by atoms with Crippen molar-refractivity contribution in [3.8, 4) is 0 Å². The van der Waals surface area contributed by atoms with Crippen molar-refractivity contribution in [3.05, 3.63) is 97.2 Å². The van der Waals surface area contributed by atoms with Gasteiger partial charge in [-0.1, -0.05) is 272 Å². The molecule has 1 fully saturated rings. The average molecular weight is 1160 g/mol. The Bertz CT molecular complexity index is 1720. The van der Waals surface area contributed by atoms with Crippen LogP contribution in [0, 0.1) is 0 Å². The Hall–Kier alpha value is -3.42. The zero-order valence-corrected chi connectivity index (χ0v) is 53.0. The van der Waals surface area contributed by atoms with Crippen molar-refractivity contribution >= 4 is 11.9 Å². The Kier molecular flexibility index (Phi) is 55.1. The highest BCUT2D eigenvalue weighted by Gasteiger charge is 2.47. The van der Waals surface area contributed by atoms with Crippen LogP contribution in [-0.4, -0.2) is 99.6 Å². The van der Waals surface area contributed by atoms with Gasteiger partial charge >= 0.3 is 5.97 Å². The molecule has 1 rings (SSSR count). The van der Waals surface area contributed by atoms with Crippen LogP contribution in [0.25, 0.3) is 0 Å². The third kappa shape index (κ3) is 46.5. The minimum Gasteiger partial charge on any atom is -0.454 e. The number of hydrogen-bond acceptors (Lipinski definition) is 10. The van der Waals surface area contributed by atoms with Crippen LogP contribution in [0.3, 0.4) is 0 Å². The van der Waals surface area contributed by atoms with E-state index in [-0.39, 0.29) is 19.4 Å². The molecular formula is C72H125NO10. The summed E-state index contributed by atoms with van der Waals surface area (Å²) in [5.41, 5.74) is 0. The van der Waals surface area contributed by atoms with Crippen LogP contribution in [0.15, 0.2) is 97.2 Å². The van der Waals surface area contributed by atoms with E-state index < -0.39 is 67.4 Å². The summed E-state index contributed by atoms with van der Waals surface area (Å²) in [5.74, 6) is -1.23. The summed E-state index contributed by atoms with van der Waals surface area (Å²) in [4.78, 5) is 26.6. The smallest absolute Gasteiger partial charge is 0.306 e. The lowest BCUT2D eigenvalue weighted by molar-refractivity contribution is -0.305. The standard InChI is InChI=1S/C72H125NO10/c1-4-7-10-13-16-19-22-25-27-29-31-32-33-35-36-38-41-44-47-50-53-56-59-65(76)71(80)73-63(64(75)58-55-52-49-46-43-40-24-21-18-15-12-9-6-3)62-81-72-70(69(79)68(78)66(61-74)82-72)83-67(77)60-57-54-51-48-45-42-39-37-34-30-28-26-23-20-17-14-11-8-5-2/h8,11,16-17,19-20,25-28,34,37,42,45,55,58,63-66,68-70,72,74-76,78-79H,4-7,9-10,12-15,18,21-24,29-33,35-36,38-41,43-44,46-54,56-57,59-62H2,1-3H3,(H,73,80)/b11-8-,19-16-,20-17-,27-25-,28-26-,37-34-,45-42-,58-55+. The zero-order chi connectivity index (χ0) is 60.3. The number of esters is 1. The van der Waals surface area contributed by atoms with Crippen molar-refractivity contribution in [2.45, 2.75) is 333 Å². The van der Waals surface area contributed by atoms with E-state index in [1.165, 1.54) is 141 Å². The van der Waals surface area contributed by atoms with Gasteiger partial charge in [0.2, 0.25) is 5.91 Å². The molecule has 0 aliphatic carbocycles. The molecule has 11 nitrogen and oxygen atoms in total. The Balaban J connectivity index is 2.65. The van der Waals surface area contributed by atoms with E-state index in [1.54, 1.807) is 6.08 Å². The van der Waals surface area contributed by atoms with Crippen LogP contribution >= 0.6 is 0 Å². The second kappa shape index (κ2) is 58.9. The minimum atomic E-state index is -1.63. The van der Waals surface area contributed by atoms with Crippen LogP contribution in [0.2, 0.25) is 0 Å².